The van der Waals surface area contributed by atoms with Crippen LogP contribution in [-0.4, -0.2) is 15.6 Å². The summed E-state index contributed by atoms with van der Waals surface area (Å²) in [6, 6.07) is 5.67. The Bertz CT molecular complexity index is 528. The first-order valence-electron chi connectivity index (χ1n) is 5.46. The lowest BCUT2D eigenvalue weighted by atomic mass is 10.1. The summed E-state index contributed by atoms with van der Waals surface area (Å²) < 4.78 is 2.14. The van der Waals surface area contributed by atoms with Crippen molar-refractivity contribution in [2.45, 2.75) is 26.3 Å². The molecule has 3 nitrogen and oxygen atoms in total. The normalized spacial score (nSPS) is 12.9. The van der Waals surface area contributed by atoms with E-state index in [-0.39, 0.29) is 0 Å². The van der Waals surface area contributed by atoms with Crippen LogP contribution in [0.1, 0.15) is 36.7 Å². The second-order valence-electron chi connectivity index (χ2n) is 4.11. The molecule has 1 aromatic heterocycles. The fourth-order valence-electron chi connectivity index (χ4n) is 1.76. The Labute approximate surface area is 94.3 Å². The molecule has 0 spiro atoms. The highest BCUT2D eigenvalue weighted by atomic mass is 16.4. The van der Waals surface area contributed by atoms with Gasteiger partial charge in [-0.2, -0.15) is 0 Å². The SMILES string of the molecule is CCC(C)n1cc2ccc(C(=O)O)cc2c1. The van der Waals surface area contributed by atoms with Crippen molar-refractivity contribution in [3.8, 4) is 0 Å². The van der Waals surface area contributed by atoms with Crippen molar-refractivity contribution in [3.05, 3.63) is 36.2 Å². The van der Waals surface area contributed by atoms with Crippen molar-refractivity contribution in [2.24, 2.45) is 0 Å². The Morgan fingerprint density at radius 3 is 2.69 bits per heavy atom. The van der Waals surface area contributed by atoms with Gasteiger partial charge in [0.25, 0.3) is 0 Å². The van der Waals surface area contributed by atoms with Gasteiger partial charge < -0.3 is 9.67 Å². The lowest BCUT2D eigenvalue weighted by Gasteiger charge is -2.09. The van der Waals surface area contributed by atoms with Gasteiger partial charge in [-0.15, -0.1) is 0 Å². The van der Waals surface area contributed by atoms with Crippen LogP contribution in [0.25, 0.3) is 10.8 Å². The van der Waals surface area contributed by atoms with E-state index in [4.69, 9.17) is 5.11 Å². The number of carboxylic acids is 1. The Hall–Kier alpha value is -1.77. The monoisotopic (exact) mass is 217 g/mol. The summed E-state index contributed by atoms with van der Waals surface area (Å²) in [7, 11) is 0. The van der Waals surface area contributed by atoms with Gasteiger partial charge in [0, 0.05) is 23.8 Å². The number of rotatable bonds is 3. The molecular weight excluding hydrogens is 202 g/mol. The van der Waals surface area contributed by atoms with Gasteiger partial charge >= 0.3 is 5.97 Å². The number of nitrogens with zero attached hydrogens (tertiary/aromatic N) is 1. The minimum Gasteiger partial charge on any atom is -0.478 e. The van der Waals surface area contributed by atoms with Gasteiger partial charge in [0.05, 0.1) is 5.56 Å². The quantitative estimate of drug-likeness (QED) is 0.857. The minimum absolute atomic E-state index is 0.342. The molecule has 0 saturated carbocycles. The van der Waals surface area contributed by atoms with Crippen LogP contribution in [0.5, 0.6) is 0 Å². The molecular formula is C13H15NO2. The highest BCUT2D eigenvalue weighted by Crippen LogP contribution is 2.21. The van der Waals surface area contributed by atoms with Crippen molar-refractivity contribution in [1.82, 2.24) is 4.57 Å². The summed E-state index contributed by atoms with van der Waals surface area (Å²) in [6.45, 7) is 4.29. The van der Waals surface area contributed by atoms with E-state index in [2.05, 4.69) is 24.6 Å². The Kier molecular flexibility index (Phi) is 2.69. The Morgan fingerprint density at radius 1 is 1.38 bits per heavy atom. The highest BCUT2D eigenvalue weighted by Gasteiger charge is 2.07. The zero-order chi connectivity index (χ0) is 11.7. The van der Waals surface area contributed by atoms with Crippen LogP contribution in [0.4, 0.5) is 0 Å². The van der Waals surface area contributed by atoms with Crippen LogP contribution in [-0.2, 0) is 0 Å². The first kappa shape index (κ1) is 10.7. The van der Waals surface area contributed by atoms with Gasteiger partial charge in [0.15, 0.2) is 0 Å². The molecule has 0 aliphatic carbocycles. The molecule has 0 aliphatic heterocycles. The third kappa shape index (κ3) is 1.81. The topological polar surface area (TPSA) is 42.2 Å². The number of carboxylic acid groups (broad SMARTS) is 1. The summed E-state index contributed by atoms with van der Waals surface area (Å²) in [6.07, 6.45) is 5.14. The van der Waals surface area contributed by atoms with E-state index >= 15 is 0 Å². The summed E-state index contributed by atoms with van der Waals surface area (Å²) >= 11 is 0. The lowest BCUT2D eigenvalue weighted by Crippen LogP contribution is -1.99. The Balaban J connectivity index is 2.49. The third-order valence-electron chi connectivity index (χ3n) is 3.01. The number of aromatic carboxylic acids is 1. The molecule has 1 atom stereocenters. The fourth-order valence-corrected chi connectivity index (χ4v) is 1.76. The molecule has 3 heteroatoms. The maximum atomic E-state index is 10.8. The van der Waals surface area contributed by atoms with Crippen LogP contribution in [0, 0.1) is 0 Å². The standard InChI is InChI=1S/C13H15NO2/c1-3-9(2)14-7-11-5-4-10(13(15)16)6-12(11)8-14/h4-9H,3H2,1-2H3,(H,15,16). The summed E-state index contributed by atoms with van der Waals surface area (Å²) in [4.78, 5) is 10.8. The van der Waals surface area contributed by atoms with Gasteiger partial charge in [0.1, 0.15) is 0 Å². The van der Waals surface area contributed by atoms with Crippen molar-refractivity contribution in [3.63, 3.8) is 0 Å². The molecule has 0 bridgehead atoms. The molecule has 1 N–H and O–H groups in total. The summed E-state index contributed by atoms with van der Waals surface area (Å²) in [5, 5.41) is 11.0. The Morgan fingerprint density at radius 2 is 2.06 bits per heavy atom. The van der Waals surface area contributed by atoms with Gasteiger partial charge in [-0.3, -0.25) is 0 Å². The molecule has 2 aromatic rings. The van der Waals surface area contributed by atoms with E-state index in [0.29, 0.717) is 11.6 Å². The predicted molar refractivity (Wildman–Crippen MR) is 63.9 cm³/mol. The zero-order valence-corrected chi connectivity index (χ0v) is 9.47. The first-order valence-corrected chi connectivity index (χ1v) is 5.46. The average Bonchev–Trinajstić information content (AvgIpc) is 2.70. The van der Waals surface area contributed by atoms with E-state index in [0.717, 1.165) is 17.2 Å². The number of hydrogen-bond donors (Lipinski definition) is 1. The van der Waals surface area contributed by atoms with Gasteiger partial charge in [-0.05, 0) is 30.9 Å². The highest BCUT2D eigenvalue weighted by molar-refractivity contribution is 5.94. The summed E-state index contributed by atoms with van der Waals surface area (Å²) in [5.41, 5.74) is 0.342. The van der Waals surface area contributed by atoms with E-state index in [1.165, 1.54) is 0 Å². The van der Waals surface area contributed by atoms with Gasteiger partial charge in [-0.1, -0.05) is 13.0 Å². The van der Waals surface area contributed by atoms with Crippen LogP contribution < -0.4 is 0 Å². The third-order valence-corrected chi connectivity index (χ3v) is 3.01. The number of carbonyl (C=O) groups is 1. The van der Waals surface area contributed by atoms with E-state index in [9.17, 15) is 4.79 Å². The fraction of sp³-hybridized carbons (Fsp3) is 0.308. The van der Waals surface area contributed by atoms with Crippen LogP contribution in [0.2, 0.25) is 0 Å². The maximum Gasteiger partial charge on any atom is 0.335 e. The molecule has 84 valence electrons. The van der Waals surface area contributed by atoms with Crippen molar-refractivity contribution >= 4 is 16.7 Å². The first-order chi connectivity index (χ1) is 7.61. The molecule has 0 aliphatic rings. The number of aromatic nitrogens is 1. The van der Waals surface area contributed by atoms with E-state index < -0.39 is 5.97 Å². The average molecular weight is 217 g/mol. The number of hydrogen-bond acceptors (Lipinski definition) is 1. The summed E-state index contributed by atoms with van der Waals surface area (Å²) in [5.74, 6) is -0.877. The van der Waals surface area contributed by atoms with E-state index in [1.807, 2.05) is 12.3 Å². The molecule has 0 fully saturated rings. The molecule has 1 aromatic carbocycles. The second-order valence-corrected chi connectivity index (χ2v) is 4.11. The molecule has 2 rings (SSSR count). The van der Waals surface area contributed by atoms with Gasteiger partial charge in [-0.25, -0.2) is 4.79 Å². The van der Waals surface area contributed by atoms with Crippen molar-refractivity contribution < 1.29 is 9.90 Å². The van der Waals surface area contributed by atoms with Crippen molar-refractivity contribution in [1.29, 1.82) is 0 Å². The molecule has 16 heavy (non-hydrogen) atoms. The second kappa shape index (κ2) is 4.00. The lowest BCUT2D eigenvalue weighted by molar-refractivity contribution is 0.0697. The molecule has 0 amide bonds. The number of benzene rings is 1. The van der Waals surface area contributed by atoms with Crippen LogP contribution >= 0.6 is 0 Å². The molecule has 1 unspecified atom stereocenters. The largest absolute Gasteiger partial charge is 0.478 e. The molecule has 1 heterocycles. The van der Waals surface area contributed by atoms with Crippen LogP contribution in [0.15, 0.2) is 30.6 Å². The zero-order valence-electron chi connectivity index (χ0n) is 9.47. The molecule has 0 saturated heterocycles. The van der Waals surface area contributed by atoms with E-state index in [1.54, 1.807) is 12.1 Å². The van der Waals surface area contributed by atoms with Crippen LogP contribution in [0.3, 0.4) is 0 Å². The number of fused-ring (bicyclic) bond motifs is 1. The van der Waals surface area contributed by atoms with Crippen molar-refractivity contribution in [2.75, 3.05) is 0 Å². The molecule has 0 radical (unpaired) electrons. The maximum absolute atomic E-state index is 10.8. The predicted octanol–water partition coefficient (Wildman–Crippen LogP) is 3.31. The minimum atomic E-state index is -0.877. The smallest absolute Gasteiger partial charge is 0.335 e. The van der Waals surface area contributed by atoms with Gasteiger partial charge in [0.2, 0.25) is 0 Å².